The number of hydrogen-bond acceptors (Lipinski definition) is 2. The molecule has 1 aliphatic rings. The van der Waals surface area contributed by atoms with E-state index in [1.54, 1.807) is 18.5 Å². The molecule has 1 fully saturated rings. The summed E-state index contributed by atoms with van der Waals surface area (Å²) in [7, 11) is 0. The number of carbonyl (C=O) groups excluding carboxylic acids is 1. The first-order valence-electron chi connectivity index (χ1n) is 6.69. The van der Waals surface area contributed by atoms with Gasteiger partial charge in [-0.2, -0.15) is 0 Å². The van der Waals surface area contributed by atoms with Crippen molar-refractivity contribution in [1.82, 2.24) is 9.88 Å². The van der Waals surface area contributed by atoms with Gasteiger partial charge in [0.05, 0.1) is 10.6 Å². The number of carbonyl (C=O) groups is 1. The van der Waals surface area contributed by atoms with Crippen LogP contribution in [-0.2, 0) is 0 Å². The fourth-order valence-corrected chi connectivity index (χ4v) is 2.83. The van der Waals surface area contributed by atoms with Gasteiger partial charge in [-0.3, -0.25) is 9.78 Å². The van der Waals surface area contributed by atoms with E-state index in [2.05, 4.69) is 17.1 Å². The number of rotatable bonds is 2. The van der Waals surface area contributed by atoms with Gasteiger partial charge >= 0.3 is 0 Å². The first kappa shape index (κ1) is 13.1. The van der Waals surface area contributed by atoms with E-state index in [4.69, 9.17) is 11.6 Å². The standard InChI is InChI=1S/C16H15ClN2O/c17-15-6-8-18-10-14(15)16(20)19-9-7-13(11-19)12-4-2-1-3-5-12/h1-6,8,10,13H,7,9,11H2. The number of nitrogens with zero attached hydrogens (tertiary/aromatic N) is 2. The lowest BCUT2D eigenvalue weighted by atomic mass is 9.99. The van der Waals surface area contributed by atoms with E-state index in [1.807, 2.05) is 23.1 Å². The summed E-state index contributed by atoms with van der Waals surface area (Å²) in [4.78, 5) is 18.3. The molecule has 3 rings (SSSR count). The third-order valence-electron chi connectivity index (χ3n) is 3.74. The zero-order chi connectivity index (χ0) is 13.9. The maximum absolute atomic E-state index is 12.4. The largest absolute Gasteiger partial charge is 0.338 e. The Balaban J connectivity index is 1.75. The van der Waals surface area contributed by atoms with E-state index < -0.39 is 0 Å². The Hall–Kier alpha value is -1.87. The third-order valence-corrected chi connectivity index (χ3v) is 4.07. The molecule has 2 aromatic rings. The number of pyridine rings is 1. The van der Waals surface area contributed by atoms with Crippen LogP contribution in [-0.4, -0.2) is 28.9 Å². The van der Waals surface area contributed by atoms with Crippen molar-refractivity contribution in [3.05, 3.63) is 64.9 Å². The van der Waals surface area contributed by atoms with Crippen LogP contribution in [0.25, 0.3) is 0 Å². The van der Waals surface area contributed by atoms with Crippen LogP contribution in [0.2, 0.25) is 5.02 Å². The molecule has 1 aromatic heterocycles. The van der Waals surface area contributed by atoms with Gasteiger partial charge in [0.15, 0.2) is 0 Å². The van der Waals surface area contributed by atoms with Crippen LogP contribution in [0.15, 0.2) is 48.8 Å². The van der Waals surface area contributed by atoms with Gasteiger partial charge in [0.1, 0.15) is 0 Å². The first-order valence-corrected chi connectivity index (χ1v) is 7.07. The van der Waals surface area contributed by atoms with Gasteiger partial charge in [-0.05, 0) is 18.1 Å². The average molecular weight is 287 g/mol. The molecule has 0 spiro atoms. The highest BCUT2D eigenvalue weighted by Crippen LogP contribution is 2.28. The van der Waals surface area contributed by atoms with Crippen molar-refractivity contribution in [2.45, 2.75) is 12.3 Å². The molecule has 1 atom stereocenters. The van der Waals surface area contributed by atoms with Crippen LogP contribution in [0.1, 0.15) is 28.3 Å². The minimum Gasteiger partial charge on any atom is -0.338 e. The van der Waals surface area contributed by atoms with Gasteiger partial charge in [-0.15, -0.1) is 0 Å². The molecular formula is C16H15ClN2O. The van der Waals surface area contributed by atoms with Crippen LogP contribution >= 0.6 is 11.6 Å². The van der Waals surface area contributed by atoms with Gasteiger partial charge in [0.2, 0.25) is 0 Å². The van der Waals surface area contributed by atoms with Crippen molar-refractivity contribution >= 4 is 17.5 Å². The van der Waals surface area contributed by atoms with Crippen molar-refractivity contribution in [2.75, 3.05) is 13.1 Å². The summed E-state index contributed by atoms with van der Waals surface area (Å²) in [6.45, 7) is 1.51. The maximum atomic E-state index is 12.4. The van der Waals surface area contributed by atoms with E-state index in [1.165, 1.54) is 5.56 Å². The smallest absolute Gasteiger partial charge is 0.256 e. The molecule has 0 radical (unpaired) electrons. The molecule has 4 heteroatoms. The van der Waals surface area contributed by atoms with E-state index in [9.17, 15) is 4.79 Å². The summed E-state index contributed by atoms with van der Waals surface area (Å²) in [6.07, 6.45) is 4.13. The molecule has 1 saturated heterocycles. The van der Waals surface area contributed by atoms with E-state index in [0.29, 0.717) is 16.5 Å². The summed E-state index contributed by atoms with van der Waals surface area (Å²) in [5.41, 5.74) is 1.78. The normalized spacial score (nSPS) is 18.2. The minimum atomic E-state index is -0.0264. The fraction of sp³-hybridized carbons (Fsp3) is 0.250. The van der Waals surface area contributed by atoms with Crippen LogP contribution in [0.3, 0.4) is 0 Å². The van der Waals surface area contributed by atoms with Crippen LogP contribution in [0.4, 0.5) is 0 Å². The number of aromatic nitrogens is 1. The van der Waals surface area contributed by atoms with Crippen molar-refractivity contribution in [2.24, 2.45) is 0 Å². The Bertz CT molecular complexity index is 615. The van der Waals surface area contributed by atoms with E-state index in [-0.39, 0.29) is 5.91 Å². The van der Waals surface area contributed by atoms with Crippen molar-refractivity contribution in [3.8, 4) is 0 Å². The number of hydrogen-bond donors (Lipinski definition) is 0. The number of benzene rings is 1. The molecule has 0 bridgehead atoms. The number of halogens is 1. The molecule has 3 nitrogen and oxygen atoms in total. The lowest BCUT2D eigenvalue weighted by Gasteiger charge is -2.17. The summed E-state index contributed by atoms with van der Waals surface area (Å²) in [5.74, 6) is 0.386. The predicted octanol–water partition coefficient (Wildman–Crippen LogP) is 3.36. The Kier molecular flexibility index (Phi) is 3.70. The zero-order valence-corrected chi connectivity index (χ0v) is 11.8. The van der Waals surface area contributed by atoms with Crippen LogP contribution in [0.5, 0.6) is 0 Å². The summed E-state index contributed by atoms with van der Waals surface area (Å²) < 4.78 is 0. The molecule has 0 N–H and O–H groups in total. The van der Waals surface area contributed by atoms with E-state index in [0.717, 1.165) is 19.5 Å². The molecule has 0 saturated carbocycles. The topological polar surface area (TPSA) is 33.2 Å². The number of amides is 1. The third kappa shape index (κ3) is 2.54. The highest BCUT2D eigenvalue weighted by molar-refractivity contribution is 6.33. The highest BCUT2D eigenvalue weighted by atomic mass is 35.5. The summed E-state index contributed by atoms with van der Waals surface area (Å²) >= 11 is 6.06. The molecule has 0 aliphatic carbocycles. The monoisotopic (exact) mass is 286 g/mol. The van der Waals surface area contributed by atoms with Gasteiger partial charge in [-0.1, -0.05) is 41.9 Å². The Morgan fingerprint density at radius 2 is 2.05 bits per heavy atom. The van der Waals surface area contributed by atoms with Crippen LogP contribution < -0.4 is 0 Å². The van der Waals surface area contributed by atoms with Crippen molar-refractivity contribution < 1.29 is 4.79 Å². The average Bonchev–Trinajstić information content (AvgIpc) is 2.98. The van der Waals surface area contributed by atoms with Gasteiger partial charge in [0.25, 0.3) is 5.91 Å². The molecule has 20 heavy (non-hydrogen) atoms. The molecule has 102 valence electrons. The van der Waals surface area contributed by atoms with Crippen molar-refractivity contribution in [1.29, 1.82) is 0 Å². The maximum Gasteiger partial charge on any atom is 0.256 e. The van der Waals surface area contributed by atoms with E-state index >= 15 is 0 Å². The predicted molar refractivity (Wildman–Crippen MR) is 79.0 cm³/mol. The highest BCUT2D eigenvalue weighted by Gasteiger charge is 2.28. The van der Waals surface area contributed by atoms with Gasteiger partial charge in [-0.25, -0.2) is 0 Å². The molecular weight excluding hydrogens is 272 g/mol. The van der Waals surface area contributed by atoms with Crippen LogP contribution in [0, 0.1) is 0 Å². The molecule has 2 heterocycles. The molecule has 1 unspecified atom stereocenters. The number of likely N-dealkylation sites (tertiary alicyclic amines) is 1. The lowest BCUT2D eigenvalue weighted by Crippen LogP contribution is -2.28. The van der Waals surface area contributed by atoms with Gasteiger partial charge in [0, 0.05) is 31.4 Å². The Morgan fingerprint density at radius 3 is 2.80 bits per heavy atom. The fourth-order valence-electron chi connectivity index (χ4n) is 2.65. The molecule has 1 aliphatic heterocycles. The molecule has 1 amide bonds. The molecule has 1 aromatic carbocycles. The lowest BCUT2D eigenvalue weighted by molar-refractivity contribution is 0.0790. The minimum absolute atomic E-state index is 0.0264. The van der Waals surface area contributed by atoms with Crippen molar-refractivity contribution in [3.63, 3.8) is 0 Å². The zero-order valence-electron chi connectivity index (χ0n) is 11.0. The quantitative estimate of drug-likeness (QED) is 0.848. The summed E-state index contributed by atoms with van der Waals surface area (Å²) in [5, 5.41) is 0.466. The second-order valence-electron chi connectivity index (χ2n) is 5.00. The summed E-state index contributed by atoms with van der Waals surface area (Å²) in [6, 6.07) is 12.0. The van der Waals surface area contributed by atoms with Gasteiger partial charge < -0.3 is 4.90 Å². The Morgan fingerprint density at radius 1 is 1.25 bits per heavy atom. The second-order valence-corrected chi connectivity index (χ2v) is 5.41. The SMILES string of the molecule is O=C(c1cnccc1Cl)N1CCC(c2ccccc2)C1. The first-order chi connectivity index (χ1) is 9.75. The Labute approximate surface area is 123 Å². The second kappa shape index (κ2) is 5.63.